The molecule has 0 atom stereocenters. The highest BCUT2D eigenvalue weighted by Gasteiger charge is 2.26. The summed E-state index contributed by atoms with van der Waals surface area (Å²) in [7, 11) is 0. The molecule has 2 aromatic carbocycles. The molecule has 2 amide bonds. The SMILES string of the molecule is CC(=O)N1CCN(C(=O)c2ccccc2C(=O)c2ccc(Cl)cc2)CC1. The quantitative estimate of drug-likeness (QED) is 0.780. The van der Waals surface area contributed by atoms with Crippen LogP contribution in [0.3, 0.4) is 0 Å². The fourth-order valence-electron chi connectivity index (χ4n) is 3.02. The molecule has 0 bridgehead atoms. The van der Waals surface area contributed by atoms with E-state index in [2.05, 4.69) is 0 Å². The Morgan fingerprint density at radius 3 is 1.92 bits per heavy atom. The van der Waals surface area contributed by atoms with E-state index in [9.17, 15) is 14.4 Å². The molecule has 5 nitrogen and oxygen atoms in total. The van der Waals surface area contributed by atoms with Crippen LogP contribution < -0.4 is 0 Å². The average molecular weight is 371 g/mol. The molecule has 26 heavy (non-hydrogen) atoms. The highest BCUT2D eigenvalue weighted by molar-refractivity contribution is 6.30. The third-order valence-electron chi connectivity index (χ3n) is 4.52. The Kier molecular flexibility index (Phi) is 5.38. The largest absolute Gasteiger partial charge is 0.339 e. The molecule has 0 aliphatic carbocycles. The number of rotatable bonds is 3. The highest BCUT2D eigenvalue weighted by atomic mass is 35.5. The summed E-state index contributed by atoms with van der Waals surface area (Å²) < 4.78 is 0. The molecule has 1 aliphatic heterocycles. The summed E-state index contributed by atoms with van der Waals surface area (Å²) in [6.45, 7) is 3.46. The van der Waals surface area contributed by atoms with Crippen molar-refractivity contribution in [2.75, 3.05) is 26.2 Å². The summed E-state index contributed by atoms with van der Waals surface area (Å²) in [5, 5.41) is 0.550. The van der Waals surface area contributed by atoms with Gasteiger partial charge >= 0.3 is 0 Å². The van der Waals surface area contributed by atoms with Crippen molar-refractivity contribution in [2.45, 2.75) is 6.92 Å². The first-order chi connectivity index (χ1) is 12.5. The molecule has 3 rings (SSSR count). The second kappa shape index (κ2) is 7.70. The van der Waals surface area contributed by atoms with Crippen molar-refractivity contribution in [3.05, 3.63) is 70.2 Å². The molecule has 0 saturated carbocycles. The number of hydrogen-bond donors (Lipinski definition) is 0. The maximum atomic E-state index is 12.9. The lowest BCUT2D eigenvalue weighted by Gasteiger charge is -2.34. The van der Waals surface area contributed by atoms with Crippen LogP contribution in [0.1, 0.15) is 33.2 Å². The number of piperazine rings is 1. The molecule has 6 heteroatoms. The third-order valence-corrected chi connectivity index (χ3v) is 4.77. The fourth-order valence-corrected chi connectivity index (χ4v) is 3.15. The molecule has 1 aliphatic rings. The van der Waals surface area contributed by atoms with Crippen molar-refractivity contribution in [3.8, 4) is 0 Å². The van der Waals surface area contributed by atoms with Crippen molar-refractivity contribution in [1.29, 1.82) is 0 Å². The first-order valence-corrected chi connectivity index (χ1v) is 8.79. The fraction of sp³-hybridized carbons (Fsp3) is 0.250. The highest BCUT2D eigenvalue weighted by Crippen LogP contribution is 2.19. The van der Waals surface area contributed by atoms with E-state index in [-0.39, 0.29) is 17.6 Å². The number of carbonyl (C=O) groups excluding carboxylic acids is 3. The summed E-state index contributed by atoms with van der Waals surface area (Å²) >= 11 is 5.88. The van der Waals surface area contributed by atoms with Crippen LogP contribution >= 0.6 is 11.6 Å². The summed E-state index contributed by atoms with van der Waals surface area (Å²) in [5.41, 5.74) is 1.23. The predicted octanol–water partition coefficient (Wildman–Crippen LogP) is 2.88. The van der Waals surface area contributed by atoms with E-state index in [0.717, 1.165) is 0 Å². The van der Waals surface area contributed by atoms with Crippen molar-refractivity contribution in [1.82, 2.24) is 9.80 Å². The molecule has 1 heterocycles. The van der Waals surface area contributed by atoms with Gasteiger partial charge in [-0.1, -0.05) is 29.8 Å². The van der Waals surface area contributed by atoms with Crippen LogP contribution in [0.2, 0.25) is 5.02 Å². The van der Waals surface area contributed by atoms with Crippen LogP contribution in [0.4, 0.5) is 0 Å². The number of carbonyl (C=O) groups is 3. The minimum Gasteiger partial charge on any atom is -0.339 e. The van der Waals surface area contributed by atoms with Crippen LogP contribution in [0.5, 0.6) is 0 Å². The van der Waals surface area contributed by atoms with E-state index in [1.165, 1.54) is 6.92 Å². The molecule has 0 aromatic heterocycles. The summed E-state index contributed by atoms with van der Waals surface area (Å²) in [4.78, 5) is 40.6. The smallest absolute Gasteiger partial charge is 0.254 e. The van der Waals surface area contributed by atoms with E-state index in [4.69, 9.17) is 11.6 Å². The van der Waals surface area contributed by atoms with Crippen LogP contribution in [0.25, 0.3) is 0 Å². The van der Waals surface area contributed by atoms with Gasteiger partial charge in [0.05, 0.1) is 5.56 Å². The average Bonchev–Trinajstić information content (AvgIpc) is 2.67. The van der Waals surface area contributed by atoms with E-state index in [1.54, 1.807) is 58.3 Å². The first-order valence-electron chi connectivity index (χ1n) is 8.41. The monoisotopic (exact) mass is 370 g/mol. The van der Waals surface area contributed by atoms with Crippen LogP contribution in [0.15, 0.2) is 48.5 Å². The van der Waals surface area contributed by atoms with Gasteiger partial charge in [-0.15, -0.1) is 0 Å². The van der Waals surface area contributed by atoms with Gasteiger partial charge in [-0.2, -0.15) is 0 Å². The zero-order valence-electron chi connectivity index (χ0n) is 14.4. The maximum absolute atomic E-state index is 12.9. The number of halogens is 1. The van der Waals surface area contributed by atoms with E-state index < -0.39 is 0 Å². The Hall–Kier alpha value is -2.66. The Balaban J connectivity index is 1.83. The van der Waals surface area contributed by atoms with E-state index >= 15 is 0 Å². The van der Waals surface area contributed by atoms with E-state index in [0.29, 0.717) is 47.9 Å². The second-order valence-corrected chi connectivity index (χ2v) is 6.62. The predicted molar refractivity (Wildman–Crippen MR) is 99.5 cm³/mol. The van der Waals surface area contributed by atoms with Gasteiger partial charge < -0.3 is 9.80 Å². The third kappa shape index (κ3) is 3.78. The summed E-state index contributed by atoms with van der Waals surface area (Å²) in [6.07, 6.45) is 0. The lowest BCUT2D eigenvalue weighted by molar-refractivity contribution is -0.130. The summed E-state index contributed by atoms with van der Waals surface area (Å²) in [5.74, 6) is -0.394. The molecule has 134 valence electrons. The molecule has 2 aromatic rings. The lowest BCUT2D eigenvalue weighted by Crippen LogP contribution is -2.50. The van der Waals surface area contributed by atoms with Crippen LogP contribution in [-0.2, 0) is 4.79 Å². The Morgan fingerprint density at radius 2 is 1.35 bits per heavy atom. The molecule has 0 unspecified atom stereocenters. The molecule has 0 radical (unpaired) electrons. The van der Waals surface area contributed by atoms with E-state index in [1.807, 2.05) is 0 Å². The Morgan fingerprint density at radius 1 is 0.808 bits per heavy atom. The molecule has 1 saturated heterocycles. The van der Waals surface area contributed by atoms with Gasteiger partial charge in [-0.3, -0.25) is 14.4 Å². The standard InChI is InChI=1S/C20H19ClN2O3/c1-14(24)22-10-12-23(13-11-22)20(26)18-5-3-2-4-17(18)19(25)15-6-8-16(21)9-7-15/h2-9H,10-13H2,1H3. The van der Waals surface area contributed by atoms with Gasteiger partial charge in [0, 0.05) is 49.3 Å². The topological polar surface area (TPSA) is 57.7 Å². The number of nitrogens with zero attached hydrogens (tertiary/aromatic N) is 2. The lowest BCUT2D eigenvalue weighted by atomic mass is 9.97. The normalized spacial score (nSPS) is 14.2. The number of amides is 2. The van der Waals surface area contributed by atoms with Crippen molar-refractivity contribution < 1.29 is 14.4 Å². The molecular formula is C20H19ClN2O3. The molecule has 0 N–H and O–H groups in total. The van der Waals surface area contributed by atoms with Gasteiger partial charge in [-0.05, 0) is 30.3 Å². The minimum atomic E-state index is -0.215. The number of hydrogen-bond acceptors (Lipinski definition) is 3. The molecular weight excluding hydrogens is 352 g/mol. The number of ketones is 1. The summed E-state index contributed by atoms with van der Waals surface area (Å²) in [6, 6.07) is 13.4. The Labute approximate surface area is 157 Å². The Bertz CT molecular complexity index is 840. The van der Waals surface area contributed by atoms with Gasteiger partial charge in [-0.25, -0.2) is 0 Å². The number of benzene rings is 2. The van der Waals surface area contributed by atoms with Gasteiger partial charge in [0.2, 0.25) is 5.91 Å². The second-order valence-electron chi connectivity index (χ2n) is 6.18. The van der Waals surface area contributed by atoms with Crippen molar-refractivity contribution in [3.63, 3.8) is 0 Å². The van der Waals surface area contributed by atoms with Gasteiger partial charge in [0.25, 0.3) is 5.91 Å². The maximum Gasteiger partial charge on any atom is 0.254 e. The first kappa shape index (κ1) is 18.1. The van der Waals surface area contributed by atoms with Gasteiger partial charge in [0.1, 0.15) is 0 Å². The molecule has 1 fully saturated rings. The minimum absolute atomic E-state index is 0.00964. The van der Waals surface area contributed by atoms with Crippen LogP contribution in [-0.4, -0.2) is 53.6 Å². The molecule has 0 spiro atoms. The zero-order valence-corrected chi connectivity index (χ0v) is 15.2. The van der Waals surface area contributed by atoms with Crippen molar-refractivity contribution in [2.24, 2.45) is 0 Å². The van der Waals surface area contributed by atoms with Crippen LogP contribution in [0, 0.1) is 0 Å². The van der Waals surface area contributed by atoms with Crippen molar-refractivity contribution >= 4 is 29.2 Å². The zero-order chi connectivity index (χ0) is 18.7. The van der Waals surface area contributed by atoms with Gasteiger partial charge in [0.15, 0.2) is 5.78 Å².